The lowest BCUT2D eigenvalue weighted by atomic mass is 10.1. The molecule has 1 atom stereocenters. The summed E-state index contributed by atoms with van der Waals surface area (Å²) in [6.45, 7) is 0.163. The van der Waals surface area contributed by atoms with Gasteiger partial charge in [-0.15, -0.1) is 0 Å². The number of aromatic nitrogens is 3. The van der Waals surface area contributed by atoms with E-state index in [-0.39, 0.29) is 18.5 Å². The maximum Gasteiger partial charge on any atom is 0.288 e. The number of hydrogen-bond donors (Lipinski definition) is 2. The van der Waals surface area contributed by atoms with Crippen molar-refractivity contribution in [2.45, 2.75) is 12.8 Å². The average molecular weight is 232 g/mol. The molecule has 3 rings (SSSR count). The van der Waals surface area contributed by atoms with Gasteiger partial charge in [-0.2, -0.15) is 0 Å². The Hall–Kier alpha value is -1.95. The first-order chi connectivity index (χ1) is 8.17. The van der Waals surface area contributed by atoms with Crippen LogP contribution < -0.4 is 10.6 Å². The third-order valence-corrected chi connectivity index (χ3v) is 3.21. The Morgan fingerprint density at radius 3 is 2.82 bits per heavy atom. The van der Waals surface area contributed by atoms with Gasteiger partial charge in [0.15, 0.2) is 0 Å². The molecule has 6 heteroatoms. The van der Waals surface area contributed by atoms with Crippen LogP contribution >= 0.6 is 0 Å². The molecule has 1 heterocycles. The van der Waals surface area contributed by atoms with E-state index in [1.54, 1.807) is 6.07 Å². The Bertz CT molecular complexity index is 600. The molecule has 0 amide bonds. The Labute approximate surface area is 97.3 Å². The molecule has 0 spiro atoms. The summed E-state index contributed by atoms with van der Waals surface area (Å²) in [6.07, 6.45) is 1.62. The number of fused-ring (bicyclic) bond motifs is 2. The van der Waals surface area contributed by atoms with Gasteiger partial charge in [-0.25, -0.2) is 4.98 Å². The van der Waals surface area contributed by atoms with Gasteiger partial charge in [-0.05, 0) is 40.8 Å². The number of nitrogens with zero attached hydrogens (tertiary/aromatic N) is 3. The van der Waals surface area contributed by atoms with Crippen LogP contribution in [0.3, 0.4) is 0 Å². The SMILES string of the molecule is Nc1nc2cc3c(cc2[n+]([O-])n1)CC(CO)C3. The molecule has 2 aromatic rings. The summed E-state index contributed by atoms with van der Waals surface area (Å²) in [5.41, 5.74) is 8.65. The summed E-state index contributed by atoms with van der Waals surface area (Å²) in [7, 11) is 0. The quantitative estimate of drug-likeness (QED) is 0.512. The van der Waals surface area contributed by atoms with Gasteiger partial charge < -0.3 is 16.0 Å². The van der Waals surface area contributed by atoms with Crippen LogP contribution in [0.2, 0.25) is 0 Å². The molecule has 17 heavy (non-hydrogen) atoms. The predicted octanol–water partition coefficient (Wildman–Crippen LogP) is -0.448. The largest absolute Gasteiger partial charge is 0.594 e. The van der Waals surface area contributed by atoms with Gasteiger partial charge in [-0.3, -0.25) is 0 Å². The molecular formula is C11H12N4O2. The van der Waals surface area contributed by atoms with Crippen LogP contribution in [0.25, 0.3) is 11.0 Å². The van der Waals surface area contributed by atoms with Gasteiger partial charge in [0.05, 0.1) is 5.10 Å². The van der Waals surface area contributed by atoms with Gasteiger partial charge in [-0.1, -0.05) is 0 Å². The second kappa shape index (κ2) is 3.53. The molecule has 1 aromatic heterocycles. The zero-order valence-corrected chi connectivity index (χ0v) is 9.13. The number of hydrogen-bond acceptors (Lipinski definition) is 5. The van der Waals surface area contributed by atoms with E-state index in [1.165, 1.54) is 0 Å². The number of nitrogens with two attached hydrogens (primary N) is 1. The summed E-state index contributed by atoms with van der Waals surface area (Å²) in [4.78, 5) is 4.55. The van der Waals surface area contributed by atoms with Crippen molar-refractivity contribution in [2.75, 3.05) is 12.3 Å². The van der Waals surface area contributed by atoms with Crippen LogP contribution in [-0.4, -0.2) is 21.8 Å². The van der Waals surface area contributed by atoms with Crippen molar-refractivity contribution >= 4 is 17.0 Å². The molecule has 6 nitrogen and oxygen atoms in total. The number of aliphatic hydroxyl groups is 1. The Kier molecular flexibility index (Phi) is 2.12. The molecule has 1 aliphatic rings. The van der Waals surface area contributed by atoms with Crippen molar-refractivity contribution in [2.24, 2.45) is 5.92 Å². The molecule has 3 N–H and O–H groups in total. The number of aliphatic hydroxyl groups excluding tert-OH is 1. The standard InChI is InChI=1S/C11H12N4O2/c12-11-13-9-3-7-1-6(5-16)2-8(7)4-10(9)15(17)14-11/h3-4,6,16H,1-2,5H2,(H2,12,13,14). The highest BCUT2D eigenvalue weighted by atomic mass is 16.5. The van der Waals surface area contributed by atoms with Crippen LogP contribution in [0.4, 0.5) is 5.95 Å². The fraction of sp³-hybridized carbons (Fsp3) is 0.364. The molecule has 1 aromatic carbocycles. The zero-order valence-electron chi connectivity index (χ0n) is 9.13. The molecule has 88 valence electrons. The minimum absolute atomic E-state index is 0.0239. The Morgan fingerprint density at radius 1 is 1.41 bits per heavy atom. The minimum Gasteiger partial charge on any atom is -0.594 e. The van der Waals surface area contributed by atoms with Crippen LogP contribution in [0, 0.1) is 11.1 Å². The zero-order chi connectivity index (χ0) is 12.0. The fourth-order valence-corrected chi connectivity index (χ4v) is 2.40. The molecule has 0 aliphatic heterocycles. The highest BCUT2D eigenvalue weighted by Crippen LogP contribution is 2.28. The maximum atomic E-state index is 11.6. The maximum absolute atomic E-state index is 11.6. The highest BCUT2D eigenvalue weighted by Gasteiger charge is 2.23. The summed E-state index contributed by atoms with van der Waals surface area (Å²) in [5, 5.41) is 24.3. The predicted molar refractivity (Wildman–Crippen MR) is 60.9 cm³/mol. The average Bonchev–Trinajstić information content (AvgIpc) is 2.68. The van der Waals surface area contributed by atoms with E-state index >= 15 is 0 Å². The van der Waals surface area contributed by atoms with Crippen molar-refractivity contribution < 1.29 is 9.95 Å². The van der Waals surface area contributed by atoms with E-state index < -0.39 is 0 Å². The summed E-state index contributed by atoms with van der Waals surface area (Å²) in [5.74, 6) is 0.219. The smallest absolute Gasteiger partial charge is 0.288 e. The molecule has 0 radical (unpaired) electrons. The van der Waals surface area contributed by atoms with Crippen LogP contribution in [0.1, 0.15) is 11.1 Å². The summed E-state index contributed by atoms with van der Waals surface area (Å²) in [6, 6.07) is 3.67. The lowest BCUT2D eigenvalue weighted by Gasteiger charge is -2.02. The molecule has 0 saturated heterocycles. The lowest BCUT2D eigenvalue weighted by Crippen LogP contribution is -2.33. The number of anilines is 1. The highest BCUT2D eigenvalue weighted by molar-refractivity contribution is 5.74. The van der Waals surface area contributed by atoms with Gasteiger partial charge in [0, 0.05) is 12.7 Å². The van der Waals surface area contributed by atoms with Crippen LogP contribution in [-0.2, 0) is 12.8 Å². The number of benzene rings is 1. The number of nitrogen functional groups attached to an aromatic ring is 1. The van der Waals surface area contributed by atoms with Crippen LogP contribution in [0.5, 0.6) is 0 Å². The van der Waals surface area contributed by atoms with Crippen molar-refractivity contribution in [3.8, 4) is 0 Å². The first-order valence-electron chi connectivity index (χ1n) is 5.47. The van der Waals surface area contributed by atoms with Gasteiger partial charge >= 0.3 is 0 Å². The van der Waals surface area contributed by atoms with Crippen molar-refractivity contribution in [1.82, 2.24) is 10.1 Å². The molecule has 0 bridgehead atoms. The van der Waals surface area contributed by atoms with Gasteiger partial charge in [0.2, 0.25) is 0 Å². The normalized spacial score (nSPS) is 18.5. The van der Waals surface area contributed by atoms with E-state index in [0.717, 1.165) is 24.0 Å². The van der Waals surface area contributed by atoms with E-state index in [0.29, 0.717) is 15.9 Å². The molecule has 1 aliphatic carbocycles. The summed E-state index contributed by atoms with van der Waals surface area (Å²) >= 11 is 0. The van der Waals surface area contributed by atoms with Gasteiger partial charge in [0.25, 0.3) is 11.5 Å². The number of rotatable bonds is 1. The lowest BCUT2D eigenvalue weighted by molar-refractivity contribution is -0.641. The first kappa shape index (κ1) is 10.2. The van der Waals surface area contributed by atoms with Crippen molar-refractivity contribution in [3.05, 3.63) is 28.5 Å². The first-order valence-corrected chi connectivity index (χ1v) is 5.47. The molecular weight excluding hydrogens is 220 g/mol. The molecule has 1 unspecified atom stereocenters. The van der Waals surface area contributed by atoms with E-state index in [1.807, 2.05) is 6.07 Å². The minimum atomic E-state index is -0.0239. The Balaban J connectivity index is 2.20. The summed E-state index contributed by atoms with van der Waals surface area (Å²) < 4.78 is 0. The second-order valence-electron chi connectivity index (χ2n) is 4.41. The third-order valence-electron chi connectivity index (χ3n) is 3.21. The topological polar surface area (TPSA) is 99.0 Å². The Morgan fingerprint density at radius 2 is 2.12 bits per heavy atom. The molecule has 0 fully saturated rings. The molecule has 0 saturated carbocycles. The van der Waals surface area contributed by atoms with Crippen molar-refractivity contribution in [3.63, 3.8) is 0 Å². The van der Waals surface area contributed by atoms with E-state index in [4.69, 9.17) is 10.8 Å². The van der Waals surface area contributed by atoms with E-state index in [9.17, 15) is 5.21 Å². The van der Waals surface area contributed by atoms with E-state index in [2.05, 4.69) is 10.1 Å². The fourth-order valence-electron chi connectivity index (χ4n) is 2.40. The second-order valence-corrected chi connectivity index (χ2v) is 4.41. The van der Waals surface area contributed by atoms with Crippen molar-refractivity contribution in [1.29, 1.82) is 0 Å². The van der Waals surface area contributed by atoms with Crippen LogP contribution in [0.15, 0.2) is 12.1 Å². The monoisotopic (exact) mass is 232 g/mol. The third kappa shape index (κ3) is 1.57. The van der Waals surface area contributed by atoms with Gasteiger partial charge in [0.1, 0.15) is 5.52 Å².